The molecule has 1 aliphatic rings. The van der Waals surface area contributed by atoms with Crippen molar-refractivity contribution in [3.63, 3.8) is 0 Å². The van der Waals surface area contributed by atoms with Gasteiger partial charge >= 0.3 is 0 Å². The fraction of sp³-hybridized carbons (Fsp3) is 0.250. The zero-order valence-electron chi connectivity index (χ0n) is 10.5. The zero-order valence-corrected chi connectivity index (χ0v) is 11.2. The van der Waals surface area contributed by atoms with Crippen molar-refractivity contribution >= 4 is 11.6 Å². The molecule has 0 spiro atoms. The molecule has 0 aromatic heterocycles. The van der Waals surface area contributed by atoms with Crippen LogP contribution in [-0.2, 0) is 6.61 Å². The summed E-state index contributed by atoms with van der Waals surface area (Å²) in [5.74, 6) is 0.756. The van der Waals surface area contributed by atoms with Crippen molar-refractivity contribution in [3.8, 4) is 16.9 Å². The van der Waals surface area contributed by atoms with E-state index >= 15 is 0 Å². The monoisotopic (exact) mass is 274 g/mol. The van der Waals surface area contributed by atoms with Crippen LogP contribution in [0.3, 0.4) is 0 Å². The number of halogens is 1. The summed E-state index contributed by atoms with van der Waals surface area (Å²) in [7, 11) is 0. The van der Waals surface area contributed by atoms with Gasteiger partial charge in [-0.3, -0.25) is 0 Å². The molecule has 0 heterocycles. The number of hydrogen-bond acceptors (Lipinski definition) is 2. The molecular weight excluding hydrogens is 260 g/mol. The second kappa shape index (κ2) is 5.24. The van der Waals surface area contributed by atoms with Gasteiger partial charge in [-0.2, -0.15) is 0 Å². The summed E-state index contributed by atoms with van der Waals surface area (Å²) in [4.78, 5) is 0. The summed E-state index contributed by atoms with van der Waals surface area (Å²) in [5.41, 5.74) is 2.97. The summed E-state index contributed by atoms with van der Waals surface area (Å²) in [6.45, 7) is 0.0461. The first kappa shape index (κ1) is 12.5. The average Bonchev–Trinajstić information content (AvgIpc) is 3.25. The third-order valence-electron chi connectivity index (χ3n) is 3.19. The predicted molar refractivity (Wildman–Crippen MR) is 76.5 cm³/mol. The molecular formula is C16H15ClO2. The number of ether oxygens (including phenoxy) is 1. The van der Waals surface area contributed by atoms with Crippen molar-refractivity contribution in [3.05, 3.63) is 53.1 Å². The van der Waals surface area contributed by atoms with Crippen molar-refractivity contribution in [1.82, 2.24) is 0 Å². The first-order valence-corrected chi connectivity index (χ1v) is 6.80. The summed E-state index contributed by atoms with van der Waals surface area (Å²) < 4.78 is 5.72. The minimum absolute atomic E-state index is 0.0461. The molecule has 2 aromatic rings. The molecule has 0 atom stereocenters. The maximum atomic E-state index is 9.17. The maximum Gasteiger partial charge on any atom is 0.138 e. The van der Waals surface area contributed by atoms with Gasteiger partial charge in [0.05, 0.1) is 17.7 Å². The second-order valence-electron chi connectivity index (χ2n) is 4.82. The SMILES string of the molecule is OCc1cccc(-c2ccc(OC3CC3)c(Cl)c2)c1. The van der Waals surface area contributed by atoms with E-state index in [-0.39, 0.29) is 6.61 Å². The minimum Gasteiger partial charge on any atom is -0.489 e. The molecule has 0 amide bonds. The summed E-state index contributed by atoms with van der Waals surface area (Å²) in [6.07, 6.45) is 2.59. The Hall–Kier alpha value is -1.51. The van der Waals surface area contributed by atoms with Gasteiger partial charge in [0.1, 0.15) is 5.75 Å². The molecule has 3 heteroatoms. The normalized spacial score (nSPS) is 14.4. The molecule has 0 saturated heterocycles. The Morgan fingerprint density at radius 1 is 1.11 bits per heavy atom. The van der Waals surface area contributed by atoms with Gasteiger partial charge in [0.15, 0.2) is 0 Å². The van der Waals surface area contributed by atoms with Crippen LogP contribution in [0.1, 0.15) is 18.4 Å². The standard InChI is InChI=1S/C16H15ClO2/c17-15-9-13(4-7-16(15)19-14-5-6-14)12-3-1-2-11(8-12)10-18/h1-4,7-9,14,18H,5-6,10H2. The van der Waals surface area contributed by atoms with E-state index in [1.165, 1.54) is 0 Å². The molecule has 0 aliphatic heterocycles. The Bertz CT molecular complexity index is 591. The van der Waals surface area contributed by atoms with Crippen molar-refractivity contribution in [2.24, 2.45) is 0 Å². The average molecular weight is 275 g/mol. The lowest BCUT2D eigenvalue weighted by Crippen LogP contribution is -1.96. The van der Waals surface area contributed by atoms with E-state index < -0.39 is 0 Å². The van der Waals surface area contributed by atoms with E-state index in [9.17, 15) is 0 Å². The number of aliphatic hydroxyl groups is 1. The highest BCUT2D eigenvalue weighted by Crippen LogP contribution is 2.34. The third-order valence-corrected chi connectivity index (χ3v) is 3.49. The molecule has 3 rings (SSSR count). The lowest BCUT2D eigenvalue weighted by molar-refractivity contribution is 0.282. The third kappa shape index (κ3) is 2.91. The van der Waals surface area contributed by atoms with Crippen LogP contribution in [0.4, 0.5) is 0 Å². The molecule has 1 fully saturated rings. The first-order valence-electron chi connectivity index (χ1n) is 6.42. The quantitative estimate of drug-likeness (QED) is 0.912. The van der Waals surface area contributed by atoms with E-state index in [0.717, 1.165) is 35.3 Å². The highest BCUT2D eigenvalue weighted by atomic mass is 35.5. The lowest BCUT2D eigenvalue weighted by atomic mass is 10.0. The molecule has 0 unspecified atom stereocenters. The van der Waals surface area contributed by atoms with Gasteiger partial charge in [-0.15, -0.1) is 0 Å². The van der Waals surface area contributed by atoms with Crippen LogP contribution < -0.4 is 4.74 Å². The Labute approximate surface area is 117 Å². The van der Waals surface area contributed by atoms with E-state index in [2.05, 4.69) is 0 Å². The van der Waals surface area contributed by atoms with E-state index in [0.29, 0.717) is 11.1 Å². The maximum absolute atomic E-state index is 9.17. The van der Waals surface area contributed by atoms with E-state index in [1.54, 1.807) is 0 Å². The predicted octanol–water partition coefficient (Wildman–Crippen LogP) is 4.04. The van der Waals surface area contributed by atoms with Crippen LogP contribution in [0.15, 0.2) is 42.5 Å². The number of hydrogen-bond donors (Lipinski definition) is 1. The van der Waals surface area contributed by atoms with Gasteiger partial charge in [-0.05, 0) is 47.7 Å². The lowest BCUT2D eigenvalue weighted by Gasteiger charge is -2.09. The van der Waals surface area contributed by atoms with E-state index in [4.69, 9.17) is 21.4 Å². The molecule has 0 bridgehead atoms. The molecule has 19 heavy (non-hydrogen) atoms. The van der Waals surface area contributed by atoms with Crippen molar-refractivity contribution in [2.75, 3.05) is 0 Å². The van der Waals surface area contributed by atoms with E-state index in [1.807, 2.05) is 42.5 Å². The van der Waals surface area contributed by atoms with Gasteiger partial charge in [0.2, 0.25) is 0 Å². The van der Waals surface area contributed by atoms with Gasteiger partial charge in [-0.25, -0.2) is 0 Å². The van der Waals surface area contributed by atoms with Crippen molar-refractivity contribution in [2.45, 2.75) is 25.6 Å². The molecule has 1 aliphatic carbocycles. The number of aliphatic hydroxyl groups excluding tert-OH is 1. The smallest absolute Gasteiger partial charge is 0.138 e. The van der Waals surface area contributed by atoms with Crippen LogP contribution in [0.5, 0.6) is 5.75 Å². The minimum atomic E-state index is 0.0461. The highest BCUT2D eigenvalue weighted by molar-refractivity contribution is 6.32. The fourth-order valence-electron chi connectivity index (χ4n) is 1.99. The zero-order chi connectivity index (χ0) is 13.2. The summed E-state index contributed by atoms with van der Waals surface area (Å²) in [5, 5.41) is 9.81. The van der Waals surface area contributed by atoms with Crippen LogP contribution in [0, 0.1) is 0 Å². The van der Waals surface area contributed by atoms with Gasteiger partial charge in [0.25, 0.3) is 0 Å². The van der Waals surface area contributed by atoms with Gasteiger partial charge in [-0.1, -0.05) is 35.9 Å². The van der Waals surface area contributed by atoms with Crippen LogP contribution in [0.25, 0.3) is 11.1 Å². The van der Waals surface area contributed by atoms with Gasteiger partial charge < -0.3 is 9.84 Å². The fourth-order valence-corrected chi connectivity index (χ4v) is 2.22. The second-order valence-corrected chi connectivity index (χ2v) is 5.23. The highest BCUT2D eigenvalue weighted by Gasteiger charge is 2.24. The summed E-state index contributed by atoms with van der Waals surface area (Å²) in [6, 6.07) is 13.6. The van der Waals surface area contributed by atoms with Crippen LogP contribution in [0.2, 0.25) is 5.02 Å². The molecule has 98 valence electrons. The molecule has 0 radical (unpaired) electrons. The molecule has 2 nitrogen and oxygen atoms in total. The Morgan fingerprint density at radius 2 is 1.89 bits per heavy atom. The molecule has 2 aromatic carbocycles. The Balaban J connectivity index is 1.89. The number of rotatable bonds is 4. The van der Waals surface area contributed by atoms with Crippen LogP contribution in [-0.4, -0.2) is 11.2 Å². The topological polar surface area (TPSA) is 29.5 Å². The Kier molecular flexibility index (Phi) is 3.45. The number of benzene rings is 2. The first-order chi connectivity index (χ1) is 9.26. The molecule has 1 N–H and O–H groups in total. The van der Waals surface area contributed by atoms with Crippen molar-refractivity contribution in [1.29, 1.82) is 0 Å². The molecule has 1 saturated carbocycles. The van der Waals surface area contributed by atoms with Crippen LogP contribution >= 0.6 is 11.6 Å². The van der Waals surface area contributed by atoms with Crippen molar-refractivity contribution < 1.29 is 9.84 Å². The van der Waals surface area contributed by atoms with Gasteiger partial charge in [0, 0.05) is 0 Å². The summed E-state index contributed by atoms with van der Waals surface area (Å²) >= 11 is 6.25. The largest absolute Gasteiger partial charge is 0.489 e. The Morgan fingerprint density at radius 3 is 2.58 bits per heavy atom.